The molecular formula is C19H22N2O3. The lowest BCUT2D eigenvalue weighted by Gasteiger charge is -2.13. The highest BCUT2D eigenvalue weighted by Gasteiger charge is 2.10. The Balaban J connectivity index is 1.88. The van der Waals surface area contributed by atoms with E-state index in [0.29, 0.717) is 12.1 Å². The van der Waals surface area contributed by atoms with Crippen molar-refractivity contribution in [2.24, 2.45) is 0 Å². The Bertz CT molecular complexity index is 727. The molecule has 0 radical (unpaired) electrons. The third kappa shape index (κ3) is 4.59. The Kier molecular flexibility index (Phi) is 5.95. The lowest BCUT2D eigenvalue weighted by Crippen LogP contribution is -2.36. The fourth-order valence-electron chi connectivity index (χ4n) is 2.29. The fourth-order valence-corrected chi connectivity index (χ4v) is 2.29. The van der Waals surface area contributed by atoms with E-state index in [4.69, 9.17) is 4.74 Å². The zero-order valence-corrected chi connectivity index (χ0v) is 14.2. The van der Waals surface area contributed by atoms with Gasteiger partial charge in [-0.1, -0.05) is 24.3 Å². The van der Waals surface area contributed by atoms with Crippen LogP contribution >= 0.6 is 0 Å². The van der Waals surface area contributed by atoms with Crippen molar-refractivity contribution in [3.05, 3.63) is 64.7 Å². The predicted molar refractivity (Wildman–Crippen MR) is 93.1 cm³/mol. The number of carbonyl (C=O) groups excluding carboxylic acids is 2. The molecular weight excluding hydrogens is 304 g/mol. The van der Waals surface area contributed by atoms with Crippen LogP contribution in [-0.4, -0.2) is 25.5 Å². The summed E-state index contributed by atoms with van der Waals surface area (Å²) in [6.07, 6.45) is 0. The SMILES string of the molecule is COc1cc(C)c(C)cc1CNC(=O)CNC(=O)c1ccccc1. The zero-order valence-electron chi connectivity index (χ0n) is 14.2. The number of ether oxygens (including phenoxy) is 1. The largest absolute Gasteiger partial charge is 0.496 e. The Morgan fingerprint density at radius 3 is 2.33 bits per heavy atom. The highest BCUT2D eigenvalue weighted by molar-refractivity contribution is 5.96. The molecule has 0 unspecified atom stereocenters. The van der Waals surface area contributed by atoms with Crippen LogP contribution in [0.1, 0.15) is 27.0 Å². The number of carbonyl (C=O) groups is 2. The first-order chi connectivity index (χ1) is 11.5. The number of hydrogen-bond acceptors (Lipinski definition) is 3. The average Bonchev–Trinajstić information content (AvgIpc) is 2.60. The van der Waals surface area contributed by atoms with Gasteiger partial charge in [0.05, 0.1) is 13.7 Å². The lowest BCUT2D eigenvalue weighted by atomic mass is 10.0. The summed E-state index contributed by atoms with van der Waals surface area (Å²) in [4.78, 5) is 23.8. The molecule has 2 aromatic carbocycles. The molecule has 2 aromatic rings. The fraction of sp³-hybridized carbons (Fsp3) is 0.263. The maximum Gasteiger partial charge on any atom is 0.251 e. The third-order valence-corrected chi connectivity index (χ3v) is 3.82. The number of benzene rings is 2. The van der Waals surface area contributed by atoms with E-state index < -0.39 is 0 Å². The number of amides is 2. The highest BCUT2D eigenvalue weighted by atomic mass is 16.5. The number of nitrogens with one attached hydrogen (secondary N) is 2. The molecule has 0 saturated heterocycles. The summed E-state index contributed by atoms with van der Waals surface area (Å²) in [7, 11) is 1.61. The van der Waals surface area contributed by atoms with Crippen molar-refractivity contribution in [2.45, 2.75) is 20.4 Å². The summed E-state index contributed by atoms with van der Waals surface area (Å²) in [6.45, 7) is 4.31. The van der Waals surface area contributed by atoms with E-state index in [0.717, 1.165) is 22.4 Å². The molecule has 0 atom stereocenters. The molecule has 0 spiro atoms. The van der Waals surface area contributed by atoms with Crippen molar-refractivity contribution in [3.8, 4) is 5.75 Å². The van der Waals surface area contributed by atoms with Crippen molar-refractivity contribution in [1.82, 2.24) is 10.6 Å². The van der Waals surface area contributed by atoms with E-state index in [9.17, 15) is 9.59 Å². The van der Waals surface area contributed by atoms with Crippen molar-refractivity contribution in [2.75, 3.05) is 13.7 Å². The van der Waals surface area contributed by atoms with Gasteiger partial charge >= 0.3 is 0 Å². The Morgan fingerprint density at radius 2 is 1.67 bits per heavy atom. The number of hydrogen-bond donors (Lipinski definition) is 2. The average molecular weight is 326 g/mol. The van der Waals surface area contributed by atoms with Crippen LogP contribution in [0.4, 0.5) is 0 Å². The molecule has 0 aliphatic carbocycles. The minimum absolute atomic E-state index is 0.0686. The molecule has 0 aliphatic rings. The first-order valence-electron chi connectivity index (χ1n) is 7.75. The van der Waals surface area contributed by atoms with Gasteiger partial charge in [-0.3, -0.25) is 9.59 Å². The summed E-state index contributed by atoms with van der Waals surface area (Å²) >= 11 is 0. The van der Waals surface area contributed by atoms with E-state index in [1.54, 1.807) is 31.4 Å². The van der Waals surface area contributed by atoms with Gasteiger partial charge in [-0.2, -0.15) is 0 Å². The van der Waals surface area contributed by atoms with Crippen LogP contribution in [0.2, 0.25) is 0 Å². The summed E-state index contributed by atoms with van der Waals surface area (Å²) in [5.41, 5.74) is 3.71. The summed E-state index contributed by atoms with van der Waals surface area (Å²) < 4.78 is 5.35. The van der Waals surface area contributed by atoms with Crippen LogP contribution in [0.3, 0.4) is 0 Å². The smallest absolute Gasteiger partial charge is 0.251 e. The van der Waals surface area contributed by atoms with Crippen LogP contribution in [0.25, 0.3) is 0 Å². The Hall–Kier alpha value is -2.82. The first-order valence-corrected chi connectivity index (χ1v) is 7.75. The summed E-state index contributed by atoms with van der Waals surface area (Å²) in [6, 6.07) is 12.7. The second-order valence-electron chi connectivity index (χ2n) is 5.57. The molecule has 0 aromatic heterocycles. The molecule has 24 heavy (non-hydrogen) atoms. The molecule has 5 heteroatoms. The molecule has 0 bridgehead atoms. The summed E-state index contributed by atoms with van der Waals surface area (Å²) in [5.74, 6) is 0.223. The van der Waals surface area contributed by atoms with Gasteiger partial charge < -0.3 is 15.4 Å². The van der Waals surface area contributed by atoms with Crippen LogP contribution < -0.4 is 15.4 Å². The van der Waals surface area contributed by atoms with Crippen LogP contribution in [0.5, 0.6) is 5.75 Å². The Labute approximate surface area is 142 Å². The van der Waals surface area contributed by atoms with Gasteiger partial charge in [-0.15, -0.1) is 0 Å². The monoisotopic (exact) mass is 326 g/mol. The van der Waals surface area contributed by atoms with E-state index >= 15 is 0 Å². The number of methoxy groups -OCH3 is 1. The van der Waals surface area contributed by atoms with Crippen molar-refractivity contribution in [3.63, 3.8) is 0 Å². The van der Waals surface area contributed by atoms with Crippen LogP contribution in [0.15, 0.2) is 42.5 Å². The second kappa shape index (κ2) is 8.15. The van der Waals surface area contributed by atoms with E-state index in [-0.39, 0.29) is 18.4 Å². The van der Waals surface area contributed by atoms with E-state index in [1.165, 1.54) is 0 Å². The van der Waals surface area contributed by atoms with Crippen molar-refractivity contribution in [1.29, 1.82) is 0 Å². The van der Waals surface area contributed by atoms with E-state index in [1.807, 2.05) is 32.0 Å². The number of rotatable bonds is 6. The molecule has 0 aliphatic heterocycles. The zero-order chi connectivity index (χ0) is 17.5. The van der Waals surface area contributed by atoms with Gasteiger partial charge in [-0.05, 0) is 43.2 Å². The molecule has 0 saturated carbocycles. The molecule has 0 heterocycles. The molecule has 2 amide bonds. The normalized spacial score (nSPS) is 10.1. The molecule has 2 N–H and O–H groups in total. The second-order valence-corrected chi connectivity index (χ2v) is 5.57. The minimum Gasteiger partial charge on any atom is -0.496 e. The molecule has 5 nitrogen and oxygen atoms in total. The quantitative estimate of drug-likeness (QED) is 0.856. The maximum absolute atomic E-state index is 11.9. The molecule has 0 fully saturated rings. The van der Waals surface area contributed by atoms with Gasteiger partial charge in [0.15, 0.2) is 0 Å². The molecule has 126 valence electrons. The van der Waals surface area contributed by atoms with Crippen molar-refractivity contribution < 1.29 is 14.3 Å². The van der Waals surface area contributed by atoms with E-state index in [2.05, 4.69) is 10.6 Å². The topological polar surface area (TPSA) is 67.4 Å². The number of aryl methyl sites for hydroxylation is 2. The van der Waals surface area contributed by atoms with Crippen LogP contribution in [0, 0.1) is 13.8 Å². The van der Waals surface area contributed by atoms with Gasteiger partial charge in [0.25, 0.3) is 5.91 Å². The van der Waals surface area contributed by atoms with Crippen LogP contribution in [-0.2, 0) is 11.3 Å². The maximum atomic E-state index is 11.9. The molecule has 2 rings (SSSR count). The first kappa shape index (κ1) is 17.5. The lowest BCUT2D eigenvalue weighted by molar-refractivity contribution is -0.120. The standard InChI is InChI=1S/C19H22N2O3/c1-13-9-16(17(24-3)10-14(13)2)11-20-18(22)12-21-19(23)15-7-5-4-6-8-15/h4-10H,11-12H2,1-3H3,(H,20,22)(H,21,23). The Morgan fingerprint density at radius 1 is 1.00 bits per heavy atom. The highest BCUT2D eigenvalue weighted by Crippen LogP contribution is 2.22. The van der Waals surface area contributed by atoms with Crippen molar-refractivity contribution >= 4 is 11.8 Å². The van der Waals surface area contributed by atoms with Gasteiger partial charge in [0.2, 0.25) is 5.91 Å². The van der Waals surface area contributed by atoms with Gasteiger partial charge in [0, 0.05) is 17.7 Å². The van der Waals surface area contributed by atoms with Gasteiger partial charge in [-0.25, -0.2) is 0 Å². The van der Waals surface area contributed by atoms with Gasteiger partial charge in [0.1, 0.15) is 5.75 Å². The minimum atomic E-state index is -0.269. The predicted octanol–water partition coefficient (Wildman–Crippen LogP) is 2.36. The third-order valence-electron chi connectivity index (χ3n) is 3.82. The summed E-state index contributed by atoms with van der Waals surface area (Å²) in [5, 5.41) is 5.40.